The highest BCUT2D eigenvalue weighted by Crippen LogP contribution is 2.25. The summed E-state index contributed by atoms with van der Waals surface area (Å²) in [7, 11) is -3.10. The predicted octanol–water partition coefficient (Wildman–Crippen LogP) is 4.10. The fourth-order valence-corrected chi connectivity index (χ4v) is 6.02. The van der Waals surface area contributed by atoms with Gasteiger partial charge < -0.3 is 5.11 Å². The number of unbranched alkanes of at least 4 members (excludes halogenated alkanes) is 1. The van der Waals surface area contributed by atoms with Crippen LogP contribution in [0.3, 0.4) is 0 Å². The quantitative estimate of drug-likeness (QED) is 0.752. The second-order valence-electron chi connectivity index (χ2n) is 6.30. The lowest BCUT2D eigenvalue weighted by Crippen LogP contribution is -2.34. The van der Waals surface area contributed by atoms with Gasteiger partial charge in [0.1, 0.15) is 4.58 Å². The maximum absolute atomic E-state index is 13.1. The predicted molar refractivity (Wildman–Crippen MR) is 104 cm³/mol. The molecule has 0 aliphatic carbocycles. The molecule has 0 fully saturated rings. The number of hydrogen-bond donors (Lipinski definition) is 1. The summed E-state index contributed by atoms with van der Waals surface area (Å²) in [5.41, 5.74) is 2.15. The summed E-state index contributed by atoms with van der Waals surface area (Å²) in [5.74, 6) is 0. The molecule has 0 aliphatic heterocycles. The van der Waals surface area contributed by atoms with Gasteiger partial charge in [0, 0.05) is 9.79 Å². The van der Waals surface area contributed by atoms with Crippen LogP contribution in [0.5, 0.6) is 0 Å². The van der Waals surface area contributed by atoms with E-state index in [1.54, 1.807) is 24.3 Å². The Morgan fingerprint density at radius 3 is 1.60 bits per heavy atom. The van der Waals surface area contributed by atoms with Crippen LogP contribution in [-0.2, 0) is 21.6 Å². The minimum atomic E-state index is -1.55. The van der Waals surface area contributed by atoms with Crippen LogP contribution in [-0.4, -0.2) is 24.2 Å². The van der Waals surface area contributed by atoms with E-state index in [2.05, 4.69) is 0 Å². The van der Waals surface area contributed by atoms with Gasteiger partial charge in [-0.25, -0.2) is 0 Å². The molecule has 2 rings (SSSR count). The summed E-state index contributed by atoms with van der Waals surface area (Å²) in [6.45, 7) is 5.96. The zero-order chi connectivity index (χ0) is 18.4. The third-order valence-electron chi connectivity index (χ3n) is 4.10. The van der Waals surface area contributed by atoms with Crippen LogP contribution < -0.4 is 0 Å². The third kappa shape index (κ3) is 5.33. The van der Waals surface area contributed by atoms with E-state index < -0.39 is 32.3 Å². The lowest BCUT2D eigenvalue weighted by atomic mass is 10.2. The number of hydrogen-bond acceptors (Lipinski definition) is 3. The largest absolute Gasteiger partial charge is 0.391 e. The van der Waals surface area contributed by atoms with E-state index in [4.69, 9.17) is 0 Å². The minimum Gasteiger partial charge on any atom is -0.391 e. The van der Waals surface area contributed by atoms with Crippen molar-refractivity contribution < 1.29 is 13.5 Å². The van der Waals surface area contributed by atoms with E-state index in [-0.39, 0.29) is 0 Å². The summed E-state index contributed by atoms with van der Waals surface area (Å²) >= 11 is 0. The minimum absolute atomic E-state index is 0.496. The van der Waals surface area contributed by atoms with Crippen LogP contribution in [0.4, 0.5) is 0 Å². The van der Waals surface area contributed by atoms with E-state index in [1.165, 1.54) is 0 Å². The van der Waals surface area contributed by atoms with E-state index in [0.29, 0.717) is 16.2 Å². The lowest BCUT2D eigenvalue weighted by Gasteiger charge is -2.22. The van der Waals surface area contributed by atoms with Crippen molar-refractivity contribution in [1.82, 2.24) is 0 Å². The van der Waals surface area contributed by atoms with E-state index in [1.807, 2.05) is 45.0 Å². The summed E-state index contributed by atoms with van der Waals surface area (Å²) in [4.78, 5) is 1.21. The van der Waals surface area contributed by atoms with Crippen molar-refractivity contribution in [3.8, 4) is 0 Å². The van der Waals surface area contributed by atoms with Crippen molar-refractivity contribution in [2.45, 2.75) is 60.5 Å². The Balaban J connectivity index is 2.34. The molecule has 0 amide bonds. The SMILES string of the molecule is CCCC[C@H](O)C(S(=O)c1ccc(C)cc1)S(=O)c1ccc(C)cc1. The Morgan fingerprint density at radius 2 is 1.24 bits per heavy atom. The monoisotopic (exact) mass is 378 g/mol. The molecule has 0 radical (unpaired) electrons. The first-order chi connectivity index (χ1) is 11.9. The average Bonchev–Trinajstić information content (AvgIpc) is 2.61. The molecule has 25 heavy (non-hydrogen) atoms. The van der Waals surface area contributed by atoms with Crippen LogP contribution >= 0.6 is 0 Å². The second-order valence-corrected chi connectivity index (χ2v) is 9.75. The summed E-state index contributed by atoms with van der Waals surface area (Å²) in [5, 5.41) is 10.6. The van der Waals surface area contributed by atoms with Crippen molar-refractivity contribution in [3.05, 3.63) is 59.7 Å². The zero-order valence-electron chi connectivity index (χ0n) is 15.0. The number of aryl methyl sites for hydroxylation is 2. The number of aliphatic hydroxyl groups is 1. The molecule has 0 heterocycles. The highest BCUT2D eigenvalue weighted by atomic mass is 32.2. The number of rotatable bonds is 8. The molecule has 0 spiro atoms. The fraction of sp³-hybridized carbons (Fsp3) is 0.400. The normalized spacial score (nSPS) is 16.2. The van der Waals surface area contributed by atoms with Crippen molar-refractivity contribution in [2.75, 3.05) is 0 Å². The van der Waals surface area contributed by atoms with E-state index in [0.717, 1.165) is 24.0 Å². The fourth-order valence-electron chi connectivity index (χ4n) is 2.53. The zero-order valence-corrected chi connectivity index (χ0v) is 16.6. The first-order valence-corrected chi connectivity index (χ1v) is 11.0. The van der Waals surface area contributed by atoms with Crippen molar-refractivity contribution in [3.63, 3.8) is 0 Å². The Labute approximate surface area is 155 Å². The van der Waals surface area contributed by atoms with Gasteiger partial charge in [-0.15, -0.1) is 0 Å². The Kier molecular flexibility index (Phi) is 7.54. The van der Waals surface area contributed by atoms with Crippen LogP contribution in [0, 0.1) is 13.8 Å². The van der Waals surface area contributed by atoms with Crippen molar-refractivity contribution >= 4 is 21.6 Å². The molecule has 2 aromatic rings. The second kappa shape index (κ2) is 9.41. The molecule has 3 atom stereocenters. The summed E-state index contributed by atoms with van der Waals surface area (Å²) < 4.78 is 25.4. The molecule has 3 nitrogen and oxygen atoms in total. The number of aliphatic hydroxyl groups excluding tert-OH is 1. The molecule has 1 N–H and O–H groups in total. The Hall–Kier alpha value is -1.30. The molecular formula is C20H26O3S2. The molecule has 0 saturated heterocycles. The number of benzene rings is 2. The topological polar surface area (TPSA) is 54.4 Å². The van der Waals surface area contributed by atoms with Crippen molar-refractivity contribution in [1.29, 1.82) is 0 Å². The third-order valence-corrected chi connectivity index (χ3v) is 8.09. The van der Waals surface area contributed by atoms with Crippen molar-refractivity contribution in [2.24, 2.45) is 0 Å². The average molecular weight is 379 g/mol. The molecule has 0 saturated carbocycles. The van der Waals surface area contributed by atoms with Gasteiger partial charge >= 0.3 is 0 Å². The molecule has 0 aromatic heterocycles. The molecule has 0 bridgehead atoms. The van der Waals surface area contributed by atoms with Gasteiger partial charge in [0.05, 0.1) is 27.7 Å². The van der Waals surface area contributed by atoms with Gasteiger partial charge in [-0.2, -0.15) is 0 Å². The van der Waals surface area contributed by atoms with Crippen LogP contribution in [0.2, 0.25) is 0 Å². The van der Waals surface area contributed by atoms with Gasteiger partial charge in [0.15, 0.2) is 0 Å². The maximum Gasteiger partial charge on any atom is 0.145 e. The molecule has 0 aliphatic rings. The van der Waals surface area contributed by atoms with Gasteiger partial charge in [0.25, 0.3) is 0 Å². The van der Waals surface area contributed by atoms with Gasteiger partial charge in [-0.05, 0) is 44.5 Å². The van der Waals surface area contributed by atoms with E-state index in [9.17, 15) is 13.5 Å². The summed E-state index contributed by atoms with van der Waals surface area (Å²) in [6, 6.07) is 14.7. The lowest BCUT2D eigenvalue weighted by molar-refractivity contribution is 0.176. The van der Waals surface area contributed by atoms with Gasteiger partial charge in [-0.1, -0.05) is 55.2 Å². The highest BCUT2D eigenvalue weighted by molar-refractivity contribution is 8.03. The van der Waals surface area contributed by atoms with E-state index >= 15 is 0 Å². The summed E-state index contributed by atoms with van der Waals surface area (Å²) in [6.07, 6.45) is 1.37. The molecule has 5 heteroatoms. The molecule has 2 unspecified atom stereocenters. The smallest absolute Gasteiger partial charge is 0.145 e. The van der Waals surface area contributed by atoms with Crippen LogP contribution in [0.15, 0.2) is 58.3 Å². The standard InChI is InChI=1S/C20H26O3S2/c1-4-5-6-19(21)20(24(22)17-11-7-15(2)8-12-17)25(23)18-13-9-16(3)10-14-18/h7-14,19-21H,4-6H2,1-3H3/t19-,20?,24?,25?/m0/s1. The first kappa shape index (κ1) is 20.0. The maximum atomic E-state index is 13.1. The Bertz CT molecular complexity index is 666. The molecule has 136 valence electrons. The van der Waals surface area contributed by atoms with Gasteiger partial charge in [-0.3, -0.25) is 8.42 Å². The first-order valence-electron chi connectivity index (χ1n) is 8.56. The molecule has 2 aromatic carbocycles. The Morgan fingerprint density at radius 1 is 0.840 bits per heavy atom. The highest BCUT2D eigenvalue weighted by Gasteiger charge is 2.33. The van der Waals surface area contributed by atoms with Crippen LogP contribution in [0.25, 0.3) is 0 Å². The van der Waals surface area contributed by atoms with Gasteiger partial charge in [0.2, 0.25) is 0 Å². The molecular weight excluding hydrogens is 352 g/mol. The van der Waals surface area contributed by atoms with Crippen LogP contribution in [0.1, 0.15) is 37.3 Å².